The van der Waals surface area contributed by atoms with Gasteiger partial charge in [0.05, 0.1) is 19.1 Å². The van der Waals surface area contributed by atoms with Gasteiger partial charge in [-0.1, -0.05) is 24.3 Å². The number of rotatable bonds is 6. The van der Waals surface area contributed by atoms with Crippen molar-refractivity contribution < 1.29 is 9.13 Å². The Bertz CT molecular complexity index is 802. The summed E-state index contributed by atoms with van der Waals surface area (Å²) in [5, 5.41) is 3.44. The number of hydrogen-bond donors (Lipinski definition) is 1. The van der Waals surface area contributed by atoms with Gasteiger partial charge in [-0.05, 0) is 36.2 Å². The van der Waals surface area contributed by atoms with Crippen molar-refractivity contribution in [2.24, 2.45) is 0 Å². The second-order valence-corrected chi connectivity index (χ2v) is 5.60. The van der Waals surface area contributed by atoms with E-state index in [9.17, 15) is 4.39 Å². The van der Waals surface area contributed by atoms with E-state index in [-0.39, 0.29) is 17.6 Å². The molecular weight excluding hydrogens is 305 g/mol. The number of hydrogen-bond acceptors (Lipinski definition) is 3. The molecule has 3 aromatic rings. The normalized spacial score (nSPS) is 12.1. The molecule has 0 aliphatic rings. The van der Waals surface area contributed by atoms with Gasteiger partial charge in [-0.2, -0.15) is 0 Å². The van der Waals surface area contributed by atoms with E-state index in [0.717, 1.165) is 16.8 Å². The molecule has 0 unspecified atom stereocenters. The summed E-state index contributed by atoms with van der Waals surface area (Å²) in [6.45, 7) is 2.68. The maximum absolute atomic E-state index is 13.9. The van der Waals surface area contributed by atoms with Gasteiger partial charge in [0, 0.05) is 25.0 Å². The van der Waals surface area contributed by atoms with Crippen molar-refractivity contribution >= 4 is 0 Å². The molecule has 0 aliphatic heterocycles. The predicted octanol–water partition coefficient (Wildman–Crippen LogP) is 3.87. The quantitative estimate of drug-likeness (QED) is 0.748. The van der Waals surface area contributed by atoms with Crippen LogP contribution in [0.5, 0.6) is 5.75 Å². The number of methoxy groups -OCH3 is 1. The number of para-hydroxylation sites is 1. The molecule has 24 heavy (non-hydrogen) atoms. The molecule has 1 heterocycles. The second kappa shape index (κ2) is 7.27. The van der Waals surface area contributed by atoms with Crippen molar-refractivity contribution in [3.05, 3.63) is 78.1 Å². The van der Waals surface area contributed by atoms with Crippen molar-refractivity contribution in [1.82, 2.24) is 14.9 Å². The van der Waals surface area contributed by atoms with E-state index in [0.29, 0.717) is 6.54 Å². The minimum Gasteiger partial charge on any atom is -0.494 e. The lowest BCUT2D eigenvalue weighted by Gasteiger charge is -2.17. The van der Waals surface area contributed by atoms with Crippen molar-refractivity contribution in [2.75, 3.05) is 7.11 Å². The number of benzene rings is 2. The molecule has 5 heteroatoms. The van der Waals surface area contributed by atoms with Gasteiger partial charge in [-0.15, -0.1) is 0 Å². The van der Waals surface area contributed by atoms with Crippen molar-refractivity contribution in [3.63, 3.8) is 0 Å². The van der Waals surface area contributed by atoms with E-state index >= 15 is 0 Å². The lowest BCUT2D eigenvalue weighted by molar-refractivity contribution is 0.385. The van der Waals surface area contributed by atoms with E-state index in [2.05, 4.69) is 22.4 Å². The molecule has 0 radical (unpaired) electrons. The number of nitrogens with zero attached hydrogens (tertiary/aromatic N) is 2. The van der Waals surface area contributed by atoms with Gasteiger partial charge in [-0.3, -0.25) is 0 Å². The smallest absolute Gasteiger partial charge is 0.165 e. The zero-order chi connectivity index (χ0) is 16.9. The molecule has 0 saturated heterocycles. The molecule has 3 rings (SSSR count). The summed E-state index contributed by atoms with van der Waals surface area (Å²) in [5.41, 5.74) is 3.11. The highest BCUT2D eigenvalue weighted by Gasteiger charge is 2.10. The fourth-order valence-corrected chi connectivity index (χ4v) is 2.65. The van der Waals surface area contributed by atoms with Crippen LogP contribution in [-0.2, 0) is 6.54 Å². The molecular formula is C19H20FN3O. The van der Waals surface area contributed by atoms with E-state index in [1.807, 2.05) is 35.9 Å². The van der Waals surface area contributed by atoms with Crippen LogP contribution < -0.4 is 10.1 Å². The highest BCUT2D eigenvalue weighted by Crippen LogP contribution is 2.22. The molecule has 0 bridgehead atoms. The Balaban J connectivity index is 1.73. The fourth-order valence-electron chi connectivity index (χ4n) is 2.65. The summed E-state index contributed by atoms with van der Waals surface area (Å²) >= 11 is 0. The molecule has 1 aromatic heterocycles. The molecule has 0 amide bonds. The third kappa shape index (κ3) is 3.46. The van der Waals surface area contributed by atoms with Gasteiger partial charge in [-0.25, -0.2) is 9.37 Å². The summed E-state index contributed by atoms with van der Waals surface area (Å²) in [4.78, 5) is 4.10. The SMILES string of the molecule is COc1ccc([C@@H](C)NCc2ccccc2-n2ccnc2)cc1F. The summed E-state index contributed by atoms with van der Waals surface area (Å²) in [6.07, 6.45) is 5.45. The molecule has 1 N–H and O–H groups in total. The Hall–Kier alpha value is -2.66. The molecule has 0 aliphatic carbocycles. The highest BCUT2D eigenvalue weighted by atomic mass is 19.1. The maximum atomic E-state index is 13.9. The van der Waals surface area contributed by atoms with Gasteiger partial charge in [0.1, 0.15) is 0 Å². The van der Waals surface area contributed by atoms with Gasteiger partial charge in [0.25, 0.3) is 0 Å². The lowest BCUT2D eigenvalue weighted by atomic mass is 10.1. The summed E-state index contributed by atoms with van der Waals surface area (Å²) in [6, 6.07) is 13.2. The molecule has 0 spiro atoms. The molecule has 124 valence electrons. The van der Waals surface area contributed by atoms with Crippen LogP contribution in [0.4, 0.5) is 4.39 Å². The average molecular weight is 325 g/mol. The number of halogens is 1. The standard InChI is InChI=1S/C19H20FN3O/c1-14(15-7-8-19(24-2)17(20)11-15)22-12-16-5-3-4-6-18(16)23-10-9-21-13-23/h3-11,13-14,22H,12H2,1-2H3/t14-/m1/s1. The maximum Gasteiger partial charge on any atom is 0.165 e. The van der Waals surface area contributed by atoms with E-state index in [1.54, 1.807) is 18.6 Å². The lowest BCUT2D eigenvalue weighted by Crippen LogP contribution is -2.19. The minimum atomic E-state index is -0.345. The van der Waals surface area contributed by atoms with Gasteiger partial charge in [0.15, 0.2) is 11.6 Å². The van der Waals surface area contributed by atoms with E-state index in [1.165, 1.54) is 13.2 Å². The van der Waals surface area contributed by atoms with Crippen molar-refractivity contribution in [1.29, 1.82) is 0 Å². The summed E-state index contributed by atoms with van der Waals surface area (Å²) in [5.74, 6) is -0.0844. The van der Waals surface area contributed by atoms with Crippen LogP contribution in [0.3, 0.4) is 0 Å². The topological polar surface area (TPSA) is 39.1 Å². The Kier molecular flexibility index (Phi) is 4.91. The Morgan fingerprint density at radius 3 is 2.79 bits per heavy atom. The molecule has 0 saturated carbocycles. The Morgan fingerprint density at radius 2 is 2.08 bits per heavy atom. The number of ether oxygens (including phenoxy) is 1. The van der Waals surface area contributed by atoms with Gasteiger partial charge < -0.3 is 14.6 Å². The monoisotopic (exact) mass is 325 g/mol. The van der Waals surface area contributed by atoms with Crippen LogP contribution in [0.25, 0.3) is 5.69 Å². The van der Waals surface area contributed by atoms with Gasteiger partial charge in [0.2, 0.25) is 0 Å². The fraction of sp³-hybridized carbons (Fsp3) is 0.211. The largest absolute Gasteiger partial charge is 0.494 e. The zero-order valence-corrected chi connectivity index (χ0v) is 13.7. The van der Waals surface area contributed by atoms with Gasteiger partial charge >= 0.3 is 0 Å². The predicted molar refractivity (Wildman–Crippen MR) is 91.8 cm³/mol. The molecule has 4 nitrogen and oxygen atoms in total. The van der Waals surface area contributed by atoms with E-state index < -0.39 is 0 Å². The molecule has 0 fully saturated rings. The number of aromatic nitrogens is 2. The number of imidazole rings is 1. The van der Waals surface area contributed by atoms with Crippen LogP contribution in [0.1, 0.15) is 24.1 Å². The minimum absolute atomic E-state index is 0.0150. The third-order valence-electron chi connectivity index (χ3n) is 4.05. The van der Waals surface area contributed by atoms with Crippen LogP contribution in [0.15, 0.2) is 61.2 Å². The van der Waals surface area contributed by atoms with Crippen LogP contribution in [0, 0.1) is 5.82 Å². The zero-order valence-electron chi connectivity index (χ0n) is 13.7. The van der Waals surface area contributed by atoms with Crippen LogP contribution in [0.2, 0.25) is 0 Å². The third-order valence-corrected chi connectivity index (χ3v) is 4.05. The Morgan fingerprint density at radius 1 is 1.25 bits per heavy atom. The first kappa shape index (κ1) is 16.2. The first-order valence-corrected chi connectivity index (χ1v) is 7.82. The molecule has 1 atom stereocenters. The summed E-state index contributed by atoms with van der Waals surface area (Å²) < 4.78 is 20.8. The Labute approximate surface area is 140 Å². The number of nitrogens with one attached hydrogen (secondary N) is 1. The van der Waals surface area contributed by atoms with Crippen molar-refractivity contribution in [2.45, 2.75) is 19.5 Å². The van der Waals surface area contributed by atoms with E-state index in [4.69, 9.17) is 4.74 Å². The second-order valence-electron chi connectivity index (χ2n) is 5.60. The highest BCUT2D eigenvalue weighted by molar-refractivity contribution is 5.41. The average Bonchev–Trinajstić information content (AvgIpc) is 3.14. The summed E-state index contributed by atoms with van der Waals surface area (Å²) in [7, 11) is 1.47. The van der Waals surface area contributed by atoms with Crippen molar-refractivity contribution in [3.8, 4) is 11.4 Å². The first-order valence-electron chi connectivity index (χ1n) is 7.82. The first-order chi connectivity index (χ1) is 11.7. The van der Waals surface area contributed by atoms with Crippen LogP contribution >= 0.6 is 0 Å². The van der Waals surface area contributed by atoms with Crippen LogP contribution in [-0.4, -0.2) is 16.7 Å². The molecule has 2 aromatic carbocycles.